The molecule has 2 aliphatic rings. The van der Waals surface area contributed by atoms with Crippen molar-refractivity contribution in [2.45, 2.75) is 49.2 Å². The third-order valence-corrected chi connectivity index (χ3v) is 6.73. The van der Waals surface area contributed by atoms with Gasteiger partial charge in [-0.1, -0.05) is 0 Å². The van der Waals surface area contributed by atoms with Gasteiger partial charge < -0.3 is 9.88 Å². The summed E-state index contributed by atoms with van der Waals surface area (Å²) in [6.07, 6.45) is 6.20. The SMILES string of the molecule is Cn1cc(S(=O)(=O)NC2CCCSC2)cc1CNC1CC1. The summed E-state index contributed by atoms with van der Waals surface area (Å²) >= 11 is 1.82. The van der Waals surface area contributed by atoms with E-state index in [1.165, 1.54) is 12.8 Å². The molecule has 21 heavy (non-hydrogen) atoms. The molecule has 1 aliphatic carbocycles. The minimum absolute atomic E-state index is 0.0713. The quantitative estimate of drug-likeness (QED) is 0.829. The van der Waals surface area contributed by atoms with Gasteiger partial charge in [0.25, 0.3) is 0 Å². The van der Waals surface area contributed by atoms with E-state index in [2.05, 4.69) is 10.0 Å². The molecule has 118 valence electrons. The van der Waals surface area contributed by atoms with Crippen molar-refractivity contribution in [3.63, 3.8) is 0 Å². The first-order valence-corrected chi connectivity index (χ1v) is 10.2. The van der Waals surface area contributed by atoms with Crippen LogP contribution in [0.5, 0.6) is 0 Å². The lowest BCUT2D eigenvalue weighted by Crippen LogP contribution is -2.38. The van der Waals surface area contributed by atoms with Gasteiger partial charge in [0.2, 0.25) is 10.0 Å². The normalized spacial score (nSPS) is 23.4. The maximum atomic E-state index is 12.5. The molecule has 1 saturated heterocycles. The van der Waals surface area contributed by atoms with E-state index in [1.807, 2.05) is 23.4 Å². The minimum atomic E-state index is -3.40. The summed E-state index contributed by atoms with van der Waals surface area (Å²) in [6, 6.07) is 2.48. The predicted octanol–water partition coefficient (Wildman–Crippen LogP) is 1.45. The Labute approximate surface area is 130 Å². The molecule has 1 saturated carbocycles. The summed E-state index contributed by atoms with van der Waals surface area (Å²) in [4.78, 5) is 0.383. The molecule has 0 bridgehead atoms. The lowest BCUT2D eigenvalue weighted by molar-refractivity contribution is 0.543. The molecular weight excluding hydrogens is 306 g/mol. The highest BCUT2D eigenvalue weighted by molar-refractivity contribution is 7.99. The summed E-state index contributed by atoms with van der Waals surface area (Å²) in [5.41, 5.74) is 1.01. The number of nitrogens with zero attached hydrogens (tertiary/aromatic N) is 1. The van der Waals surface area contributed by atoms with Crippen LogP contribution in [-0.2, 0) is 23.6 Å². The Morgan fingerprint density at radius 3 is 2.81 bits per heavy atom. The summed E-state index contributed by atoms with van der Waals surface area (Å²) in [7, 11) is -1.49. The number of sulfonamides is 1. The van der Waals surface area contributed by atoms with Crippen LogP contribution in [0.3, 0.4) is 0 Å². The van der Waals surface area contributed by atoms with E-state index >= 15 is 0 Å². The first-order chi connectivity index (χ1) is 10.0. The first kappa shape index (κ1) is 15.4. The number of nitrogens with one attached hydrogen (secondary N) is 2. The van der Waals surface area contributed by atoms with Gasteiger partial charge in [-0.25, -0.2) is 13.1 Å². The number of hydrogen-bond donors (Lipinski definition) is 2. The van der Waals surface area contributed by atoms with Crippen LogP contribution in [0.15, 0.2) is 17.2 Å². The molecule has 2 heterocycles. The second kappa shape index (κ2) is 6.32. The predicted molar refractivity (Wildman–Crippen MR) is 85.9 cm³/mol. The van der Waals surface area contributed by atoms with Gasteiger partial charge in [-0.3, -0.25) is 0 Å². The molecule has 1 aromatic rings. The highest BCUT2D eigenvalue weighted by Gasteiger charge is 2.24. The highest BCUT2D eigenvalue weighted by Crippen LogP contribution is 2.22. The molecule has 0 aromatic carbocycles. The summed E-state index contributed by atoms with van der Waals surface area (Å²) in [5.74, 6) is 2.02. The smallest absolute Gasteiger partial charge is 0.242 e. The van der Waals surface area contributed by atoms with Gasteiger partial charge in [0.05, 0.1) is 4.90 Å². The lowest BCUT2D eigenvalue weighted by atomic mass is 10.2. The van der Waals surface area contributed by atoms with Crippen LogP contribution >= 0.6 is 11.8 Å². The molecule has 3 rings (SSSR count). The zero-order valence-electron chi connectivity index (χ0n) is 12.3. The van der Waals surface area contributed by atoms with Crippen LogP contribution in [0.25, 0.3) is 0 Å². The van der Waals surface area contributed by atoms with Crippen molar-refractivity contribution in [2.24, 2.45) is 7.05 Å². The molecule has 5 nitrogen and oxygen atoms in total. The van der Waals surface area contributed by atoms with Gasteiger partial charge in [0.1, 0.15) is 0 Å². The van der Waals surface area contributed by atoms with E-state index in [9.17, 15) is 8.42 Å². The van der Waals surface area contributed by atoms with Crippen LogP contribution in [0.4, 0.5) is 0 Å². The van der Waals surface area contributed by atoms with Crippen LogP contribution in [0.1, 0.15) is 31.4 Å². The van der Waals surface area contributed by atoms with Crippen LogP contribution in [0.2, 0.25) is 0 Å². The molecular formula is C14H23N3O2S2. The Kier molecular flexibility index (Phi) is 4.63. The summed E-state index contributed by atoms with van der Waals surface area (Å²) in [6.45, 7) is 0.732. The molecule has 1 aliphatic heterocycles. The summed E-state index contributed by atoms with van der Waals surface area (Å²) in [5, 5.41) is 3.42. The largest absolute Gasteiger partial charge is 0.352 e. The van der Waals surface area contributed by atoms with Crippen molar-refractivity contribution in [2.75, 3.05) is 11.5 Å². The Bertz CT molecular complexity index is 587. The van der Waals surface area contributed by atoms with Crippen LogP contribution < -0.4 is 10.0 Å². The first-order valence-electron chi connectivity index (χ1n) is 7.53. The maximum absolute atomic E-state index is 12.5. The Hall–Kier alpha value is -0.500. The van der Waals surface area contributed by atoms with Gasteiger partial charge in [0, 0.05) is 43.3 Å². The second-order valence-electron chi connectivity index (χ2n) is 5.97. The fourth-order valence-corrected chi connectivity index (χ4v) is 5.10. The molecule has 1 atom stereocenters. The van der Waals surface area contributed by atoms with E-state index in [0.29, 0.717) is 10.9 Å². The Balaban J connectivity index is 1.67. The van der Waals surface area contributed by atoms with E-state index in [0.717, 1.165) is 36.6 Å². The van der Waals surface area contributed by atoms with Crippen LogP contribution in [-0.4, -0.2) is 36.6 Å². The van der Waals surface area contributed by atoms with Gasteiger partial charge in [-0.2, -0.15) is 11.8 Å². The number of thioether (sulfide) groups is 1. The molecule has 1 aromatic heterocycles. The number of rotatable bonds is 6. The van der Waals surface area contributed by atoms with Gasteiger partial charge >= 0.3 is 0 Å². The fraction of sp³-hybridized carbons (Fsp3) is 0.714. The van der Waals surface area contributed by atoms with E-state index in [4.69, 9.17) is 0 Å². The third kappa shape index (κ3) is 4.03. The monoisotopic (exact) mass is 329 g/mol. The van der Waals surface area contributed by atoms with Crippen molar-refractivity contribution in [1.29, 1.82) is 0 Å². The highest BCUT2D eigenvalue weighted by atomic mass is 32.2. The van der Waals surface area contributed by atoms with Crippen molar-refractivity contribution < 1.29 is 8.42 Å². The Morgan fingerprint density at radius 1 is 1.33 bits per heavy atom. The minimum Gasteiger partial charge on any atom is -0.352 e. The van der Waals surface area contributed by atoms with Crippen molar-refractivity contribution in [3.8, 4) is 0 Å². The molecule has 7 heteroatoms. The second-order valence-corrected chi connectivity index (χ2v) is 8.83. The zero-order chi connectivity index (χ0) is 14.9. The standard InChI is InChI=1S/C14H23N3O2S2/c1-17-9-14(7-13(17)8-15-11-4-5-11)21(18,19)16-12-3-2-6-20-10-12/h7,9,11-12,15-16H,2-6,8,10H2,1H3. The lowest BCUT2D eigenvalue weighted by Gasteiger charge is -2.21. The molecule has 2 N–H and O–H groups in total. The summed E-state index contributed by atoms with van der Waals surface area (Å²) < 4.78 is 29.7. The van der Waals surface area contributed by atoms with Crippen molar-refractivity contribution >= 4 is 21.8 Å². The number of aryl methyl sites for hydroxylation is 1. The van der Waals surface area contributed by atoms with Crippen molar-refractivity contribution in [1.82, 2.24) is 14.6 Å². The average molecular weight is 329 g/mol. The van der Waals surface area contributed by atoms with E-state index in [-0.39, 0.29) is 6.04 Å². The average Bonchev–Trinajstić information content (AvgIpc) is 3.20. The maximum Gasteiger partial charge on any atom is 0.242 e. The Morgan fingerprint density at radius 2 is 2.14 bits per heavy atom. The number of aromatic nitrogens is 1. The van der Waals surface area contributed by atoms with E-state index in [1.54, 1.807) is 12.3 Å². The molecule has 1 unspecified atom stereocenters. The van der Waals surface area contributed by atoms with Crippen LogP contribution in [0, 0.1) is 0 Å². The van der Waals surface area contributed by atoms with Gasteiger partial charge in [0.15, 0.2) is 0 Å². The van der Waals surface area contributed by atoms with Crippen molar-refractivity contribution in [3.05, 3.63) is 18.0 Å². The van der Waals surface area contributed by atoms with Gasteiger partial charge in [-0.05, 0) is 37.5 Å². The fourth-order valence-electron chi connectivity index (χ4n) is 2.56. The molecule has 2 fully saturated rings. The number of hydrogen-bond acceptors (Lipinski definition) is 4. The zero-order valence-corrected chi connectivity index (χ0v) is 14.0. The molecule has 0 amide bonds. The van der Waals surface area contributed by atoms with Gasteiger partial charge in [-0.15, -0.1) is 0 Å². The molecule has 0 radical (unpaired) electrons. The molecule has 0 spiro atoms. The topological polar surface area (TPSA) is 63.1 Å². The van der Waals surface area contributed by atoms with E-state index < -0.39 is 10.0 Å². The third-order valence-electron chi connectivity index (χ3n) is 4.02.